The molecule has 0 aliphatic heterocycles. The Morgan fingerprint density at radius 2 is 1.64 bits per heavy atom. The van der Waals surface area contributed by atoms with Crippen LogP contribution >= 0.6 is 0 Å². The summed E-state index contributed by atoms with van der Waals surface area (Å²) in [6.45, 7) is 2.14. The van der Waals surface area contributed by atoms with Crippen molar-refractivity contribution >= 4 is 0 Å². The van der Waals surface area contributed by atoms with Crippen LogP contribution in [-0.2, 0) is 0 Å². The molecule has 4 N–H and O–H groups in total. The van der Waals surface area contributed by atoms with Crippen LogP contribution in [0.1, 0.15) is 45.4 Å². The molecule has 0 bridgehead atoms. The van der Waals surface area contributed by atoms with Crippen LogP contribution in [0, 0.1) is 0 Å². The van der Waals surface area contributed by atoms with Crippen molar-refractivity contribution in [2.24, 2.45) is 5.73 Å². The second kappa shape index (κ2) is 5.52. The fourth-order valence-electron chi connectivity index (χ4n) is 0.989. The average Bonchev–Trinajstić information content (AvgIpc) is 1.85. The second-order valence-corrected chi connectivity index (χ2v) is 3.04. The van der Waals surface area contributed by atoms with Gasteiger partial charge in [-0.1, -0.05) is 32.6 Å². The van der Waals surface area contributed by atoms with Crippen molar-refractivity contribution in [2.75, 3.05) is 0 Å². The highest BCUT2D eigenvalue weighted by molar-refractivity contribution is 4.54. The quantitative estimate of drug-likeness (QED) is 0.401. The minimum Gasteiger partial charge on any atom is -0.354 e. The lowest BCUT2D eigenvalue weighted by Crippen LogP contribution is -2.38. The van der Waals surface area contributed by atoms with Crippen LogP contribution in [0.2, 0.25) is 0 Å². The van der Waals surface area contributed by atoms with Gasteiger partial charge < -0.3 is 10.2 Å². The van der Waals surface area contributed by atoms with E-state index in [1.807, 2.05) is 0 Å². The predicted octanol–water partition coefficient (Wildman–Crippen LogP) is 0.944. The summed E-state index contributed by atoms with van der Waals surface area (Å²) in [6, 6.07) is 0. The van der Waals surface area contributed by atoms with E-state index >= 15 is 0 Å². The predicted molar refractivity (Wildman–Crippen MR) is 44.7 cm³/mol. The number of rotatable bonds is 6. The molecule has 3 nitrogen and oxygen atoms in total. The van der Waals surface area contributed by atoms with Crippen molar-refractivity contribution < 1.29 is 10.2 Å². The maximum absolute atomic E-state index is 8.71. The molecule has 3 heteroatoms. The molecule has 68 valence electrons. The number of nitrogens with two attached hydrogens (primary N) is 1. The Bertz CT molecular complexity index is 88.6. The monoisotopic (exact) mass is 161 g/mol. The van der Waals surface area contributed by atoms with Gasteiger partial charge in [-0.15, -0.1) is 0 Å². The summed E-state index contributed by atoms with van der Waals surface area (Å²) >= 11 is 0. The Labute approximate surface area is 68.2 Å². The third kappa shape index (κ3) is 9.88. The van der Waals surface area contributed by atoms with Gasteiger partial charge in [0.05, 0.1) is 0 Å². The third-order valence-corrected chi connectivity index (χ3v) is 1.65. The first-order valence-corrected chi connectivity index (χ1v) is 4.30. The van der Waals surface area contributed by atoms with E-state index < -0.39 is 5.91 Å². The molecule has 0 saturated carbocycles. The molecule has 0 aromatic carbocycles. The zero-order valence-electron chi connectivity index (χ0n) is 7.21. The largest absolute Gasteiger partial charge is 0.354 e. The Hall–Kier alpha value is -0.120. The van der Waals surface area contributed by atoms with Crippen molar-refractivity contribution in [3.8, 4) is 0 Å². The molecule has 11 heavy (non-hydrogen) atoms. The summed E-state index contributed by atoms with van der Waals surface area (Å²) in [5, 5.41) is 17.4. The second-order valence-electron chi connectivity index (χ2n) is 3.04. The van der Waals surface area contributed by atoms with Crippen LogP contribution in [0.25, 0.3) is 0 Å². The molecule has 0 aliphatic rings. The van der Waals surface area contributed by atoms with Gasteiger partial charge in [-0.05, 0) is 6.42 Å². The zero-order valence-corrected chi connectivity index (χ0v) is 7.21. The molecule has 0 atom stereocenters. The van der Waals surface area contributed by atoms with Crippen molar-refractivity contribution in [1.29, 1.82) is 0 Å². The Kier molecular flexibility index (Phi) is 5.46. The summed E-state index contributed by atoms with van der Waals surface area (Å²) in [5.41, 5.74) is 4.96. The fraction of sp³-hybridized carbons (Fsp3) is 1.00. The molecular formula is C8H19NO2. The van der Waals surface area contributed by atoms with Crippen molar-refractivity contribution in [3.63, 3.8) is 0 Å². The molecule has 0 fully saturated rings. The van der Waals surface area contributed by atoms with Crippen molar-refractivity contribution in [3.05, 3.63) is 0 Å². The highest BCUT2D eigenvalue weighted by Crippen LogP contribution is 2.08. The van der Waals surface area contributed by atoms with Crippen LogP contribution in [0.3, 0.4) is 0 Å². The molecule has 0 aromatic heterocycles. The average molecular weight is 161 g/mol. The van der Waals surface area contributed by atoms with Crippen LogP contribution in [0.5, 0.6) is 0 Å². The summed E-state index contributed by atoms with van der Waals surface area (Å²) in [7, 11) is 0. The molecule has 0 radical (unpaired) electrons. The molecule has 0 spiro atoms. The van der Waals surface area contributed by atoms with E-state index in [1.54, 1.807) is 0 Å². The summed E-state index contributed by atoms with van der Waals surface area (Å²) in [6.07, 6.45) is 5.68. The first-order chi connectivity index (χ1) is 5.06. The summed E-state index contributed by atoms with van der Waals surface area (Å²) < 4.78 is 0. The van der Waals surface area contributed by atoms with Gasteiger partial charge >= 0.3 is 0 Å². The van der Waals surface area contributed by atoms with E-state index in [-0.39, 0.29) is 6.42 Å². The highest BCUT2D eigenvalue weighted by atomic mass is 16.5. The standard InChI is InChI=1S/C8H19NO2/c1-2-3-4-5-6-7-8(9,10)11/h10-11H,2-7,9H2,1H3. The first kappa shape index (κ1) is 10.9. The normalized spacial score (nSPS) is 12.0. The number of hydrogen-bond donors (Lipinski definition) is 3. The van der Waals surface area contributed by atoms with Gasteiger partial charge in [0.15, 0.2) is 0 Å². The van der Waals surface area contributed by atoms with E-state index in [0.717, 1.165) is 19.3 Å². The lowest BCUT2D eigenvalue weighted by Gasteiger charge is -2.14. The van der Waals surface area contributed by atoms with Gasteiger partial charge in [0.2, 0.25) is 5.91 Å². The molecule has 0 saturated heterocycles. The van der Waals surface area contributed by atoms with E-state index in [1.165, 1.54) is 12.8 Å². The van der Waals surface area contributed by atoms with Crippen LogP contribution in [0.15, 0.2) is 0 Å². The Morgan fingerprint density at radius 3 is 2.09 bits per heavy atom. The van der Waals surface area contributed by atoms with Gasteiger partial charge in [-0.3, -0.25) is 5.73 Å². The Morgan fingerprint density at radius 1 is 1.09 bits per heavy atom. The van der Waals surface area contributed by atoms with Gasteiger partial charge in [0.1, 0.15) is 0 Å². The zero-order chi connectivity index (χ0) is 8.74. The maximum Gasteiger partial charge on any atom is 0.219 e. The third-order valence-electron chi connectivity index (χ3n) is 1.65. The molecule has 0 rings (SSSR count). The van der Waals surface area contributed by atoms with E-state index in [4.69, 9.17) is 15.9 Å². The number of unbranched alkanes of at least 4 members (excludes halogenated alkanes) is 4. The molecule has 0 heterocycles. The summed E-state index contributed by atoms with van der Waals surface area (Å²) in [4.78, 5) is 0. The number of aliphatic hydroxyl groups is 2. The number of hydrogen-bond acceptors (Lipinski definition) is 3. The fourth-order valence-corrected chi connectivity index (χ4v) is 0.989. The Balaban J connectivity index is 3.02. The SMILES string of the molecule is CCCCCCCC(N)(O)O. The smallest absolute Gasteiger partial charge is 0.219 e. The van der Waals surface area contributed by atoms with Gasteiger partial charge in [-0.2, -0.15) is 0 Å². The minimum absolute atomic E-state index is 0.275. The topological polar surface area (TPSA) is 66.5 Å². The van der Waals surface area contributed by atoms with Crippen molar-refractivity contribution in [2.45, 2.75) is 51.4 Å². The molecule has 0 unspecified atom stereocenters. The molecule has 0 aromatic rings. The van der Waals surface area contributed by atoms with Gasteiger partial charge in [0.25, 0.3) is 0 Å². The maximum atomic E-state index is 8.71. The van der Waals surface area contributed by atoms with Crippen molar-refractivity contribution in [1.82, 2.24) is 0 Å². The van der Waals surface area contributed by atoms with Crippen LogP contribution in [-0.4, -0.2) is 16.1 Å². The molecule has 0 aliphatic carbocycles. The molecule has 0 amide bonds. The van der Waals surface area contributed by atoms with E-state index in [0.29, 0.717) is 0 Å². The lowest BCUT2D eigenvalue weighted by atomic mass is 10.1. The van der Waals surface area contributed by atoms with E-state index in [2.05, 4.69) is 6.92 Å². The van der Waals surface area contributed by atoms with Crippen LogP contribution in [0.4, 0.5) is 0 Å². The highest BCUT2D eigenvalue weighted by Gasteiger charge is 2.13. The van der Waals surface area contributed by atoms with Gasteiger partial charge in [0, 0.05) is 6.42 Å². The summed E-state index contributed by atoms with van der Waals surface area (Å²) in [5.74, 6) is -1.95. The first-order valence-electron chi connectivity index (χ1n) is 4.30. The van der Waals surface area contributed by atoms with Gasteiger partial charge in [-0.25, -0.2) is 0 Å². The van der Waals surface area contributed by atoms with Crippen LogP contribution < -0.4 is 5.73 Å². The molecular weight excluding hydrogens is 142 g/mol. The lowest BCUT2D eigenvalue weighted by molar-refractivity contribution is -0.160. The minimum atomic E-state index is -1.95. The van der Waals surface area contributed by atoms with E-state index in [9.17, 15) is 0 Å².